The SMILES string of the molecule is CC[C@H]1CN(c2ncc(C)s2)C[C@H]1C(C)C. The zero-order chi connectivity index (χ0) is 11.7. The monoisotopic (exact) mass is 238 g/mol. The Morgan fingerprint density at radius 1 is 1.50 bits per heavy atom. The minimum absolute atomic E-state index is 0.788. The highest BCUT2D eigenvalue weighted by atomic mass is 32.1. The summed E-state index contributed by atoms with van der Waals surface area (Å²) in [6, 6.07) is 0. The van der Waals surface area contributed by atoms with Crippen LogP contribution in [0.25, 0.3) is 0 Å². The lowest BCUT2D eigenvalue weighted by Gasteiger charge is -2.19. The maximum atomic E-state index is 4.50. The van der Waals surface area contributed by atoms with Gasteiger partial charge in [0.1, 0.15) is 0 Å². The lowest BCUT2D eigenvalue weighted by molar-refractivity contribution is 0.313. The van der Waals surface area contributed by atoms with Crippen LogP contribution in [0.15, 0.2) is 6.20 Å². The van der Waals surface area contributed by atoms with E-state index in [9.17, 15) is 0 Å². The van der Waals surface area contributed by atoms with Crippen LogP contribution >= 0.6 is 11.3 Å². The fraction of sp³-hybridized carbons (Fsp3) is 0.769. The molecule has 0 aromatic carbocycles. The van der Waals surface area contributed by atoms with Gasteiger partial charge in [-0.3, -0.25) is 0 Å². The van der Waals surface area contributed by atoms with Crippen molar-refractivity contribution in [3.63, 3.8) is 0 Å². The number of anilines is 1. The van der Waals surface area contributed by atoms with E-state index < -0.39 is 0 Å². The Morgan fingerprint density at radius 2 is 2.25 bits per heavy atom. The smallest absolute Gasteiger partial charge is 0.185 e. The minimum atomic E-state index is 0.788. The van der Waals surface area contributed by atoms with Crippen LogP contribution in [0.2, 0.25) is 0 Å². The van der Waals surface area contributed by atoms with Crippen molar-refractivity contribution in [3.05, 3.63) is 11.1 Å². The number of rotatable bonds is 3. The molecule has 2 atom stereocenters. The molecule has 1 fully saturated rings. The molecule has 0 saturated carbocycles. The number of aryl methyl sites for hydroxylation is 1. The second-order valence-electron chi connectivity index (χ2n) is 5.23. The number of hydrogen-bond acceptors (Lipinski definition) is 3. The number of thiazole rings is 1. The van der Waals surface area contributed by atoms with E-state index in [-0.39, 0.29) is 0 Å². The Labute approximate surface area is 103 Å². The molecule has 16 heavy (non-hydrogen) atoms. The Hall–Kier alpha value is -0.570. The molecular formula is C13H22N2S. The van der Waals surface area contributed by atoms with Gasteiger partial charge in [0.2, 0.25) is 0 Å². The van der Waals surface area contributed by atoms with E-state index in [0.29, 0.717) is 0 Å². The fourth-order valence-electron chi connectivity index (χ4n) is 2.73. The summed E-state index contributed by atoms with van der Waals surface area (Å²) in [5.41, 5.74) is 0. The van der Waals surface area contributed by atoms with Gasteiger partial charge in [0, 0.05) is 24.2 Å². The van der Waals surface area contributed by atoms with Gasteiger partial charge >= 0.3 is 0 Å². The topological polar surface area (TPSA) is 16.1 Å². The Morgan fingerprint density at radius 3 is 2.69 bits per heavy atom. The molecule has 1 aliphatic rings. The van der Waals surface area contributed by atoms with E-state index in [1.54, 1.807) is 0 Å². The second-order valence-corrected chi connectivity index (χ2v) is 6.45. The summed E-state index contributed by atoms with van der Waals surface area (Å²) in [5, 5.41) is 1.22. The molecule has 3 heteroatoms. The van der Waals surface area contributed by atoms with Crippen LogP contribution in [0, 0.1) is 24.7 Å². The van der Waals surface area contributed by atoms with E-state index in [1.165, 1.54) is 29.5 Å². The van der Waals surface area contributed by atoms with Crippen molar-refractivity contribution in [3.8, 4) is 0 Å². The molecule has 0 radical (unpaired) electrons. The lowest BCUT2D eigenvalue weighted by atomic mass is 9.85. The summed E-state index contributed by atoms with van der Waals surface area (Å²) in [6.07, 6.45) is 3.29. The van der Waals surface area contributed by atoms with Crippen molar-refractivity contribution in [1.82, 2.24) is 4.98 Å². The summed E-state index contributed by atoms with van der Waals surface area (Å²) in [6.45, 7) is 11.5. The van der Waals surface area contributed by atoms with E-state index in [1.807, 2.05) is 17.5 Å². The Kier molecular flexibility index (Phi) is 3.53. The molecule has 2 nitrogen and oxygen atoms in total. The van der Waals surface area contributed by atoms with Gasteiger partial charge in [-0.2, -0.15) is 0 Å². The van der Waals surface area contributed by atoms with E-state index >= 15 is 0 Å². The molecule has 2 rings (SSSR count). The molecule has 2 heterocycles. The highest BCUT2D eigenvalue weighted by Crippen LogP contribution is 2.35. The first-order valence-electron chi connectivity index (χ1n) is 6.29. The van der Waals surface area contributed by atoms with Gasteiger partial charge < -0.3 is 4.90 Å². The van der Waals surface area contributed by atoms with Gasteiger partial charge in [0.05, 0.1) is 0 Å². The predicted octanol–water partition coefficient (Wildman–Crippen LogP) is 3.57. The van der Waals surface area contributed by atoms with E-state index in [0.717, 1.165) is 17.8 Å². The summed E-state index contributed by atoms with van der Waals surface area (Å²) in [4.78, 5) is 8.30. The number of aromatic nitrogens is 1. The summed E-state index contributed by atoms with van der Waals surface area (Å²) >= 11 is 1.83. The zero-order valence-electron chi connectivity index (χ0n) is 10.7. The van der Waals surface area contributed by atoms with Gasteiger partial charge in [0.25, 0.3) is 0 Å². The molecule has 90 valence electrons. The van der Waals surface area contributed by atoms with E-state index in [2.05, 4.69) is 37.6 Å². The summed E-state index contributed by atoms with van der Waals surface area (Å²) < 4.78 is 0. The normalized spacial score (nSPS) is 25.7. The first kappa shape index (κ1) is 11.9. The van der Waals surface area contributed by atoms with Crippen LogP contribution < -0.4 is 4.90 Å². The predicted molar refractivity (Wildman–Crippen MR) is 71.2 cm³/mol. The fourth-order valence-corrected chi connectivity index (χ4v) is 3.51. The zero-order valence-corrected chi connectivity index (χ0v) is 11.5. The van der Waals surface area contributed by atoms with Crippen LogP contribution in [-0.4, -0.2) is 18.1 Å². The second kappa shape index (κ2) is 4.74. The molecule has 1 saturated heterocycles. The third-order valence-electron chi connectivity index (χ3n) is 3.75. The maximum Gasteiger partial charge on any atom is 0.185 e. The Balaban J connectivity index is 2.10. The highest BCUT2D eigenvalue weighted by molar-refractivity contribution is 7.15. The number of nitrogens with zero attached hydrogens (tertiary/aromatic N) is 2. The van der Waals surface area contributed by atoms with E-state index in [4.69, 9.17) is 0 Å². The van der Waals surface area contributed by atoms with Crippen molar-refractivity contribution in [2.24, 2.45) is 17.8 Å². The molecule has 0 amide bonds. The van der Waals surface area contributed by atoms with Crippen LogP contribution in [0.1, 0.15) is 32.1 Å². The molecular weight excluding hydrogens is 216 g/mol. The average molecular weight is 238 g/mol. The molecule has 0 unspecified atom stereocenters. The Bertz CT molecular complexity index is 345. The molecule has 1 aliphatic heterocycles. The lowest BCUT2D eigenvalue weighted by Crippen LogP contribution is -2.20. The average Bonchev–Trinajstić information content (AvgIpc) is 2.82. The molecule has 1 aromatic rings. The maximum absolute atomic E-state index is 4.50. The van der Waals surface area contributed by atoms with Gasteiger partial charge in [-0.1, -0.05) is 27.2 Å². The first-order chi connectivity index (χ1) is 7.61. The molecule has 0 aliphatic carbocycles. The van der Waals surface area contributed by atoms with Crippen LogP contribution in [-0.2, 0) is 0 Å². The van der Waals surface area contributed by atoms with Crippen LogP contribution in [0.3, 0.4) is 0 Å². The van der Waals surface area contributed by atoms with Gasteiger partial charge in [-0.25, -0.2) is 4.98 Å². The molecule has 0 spiro atoms. The van der Waals surface area contributed by atoms with Crippen molar-refractivity contribution in [1.29, 1.82) is 0 Å². The van der Waals surface area contributed by atoms with Gasteiger partial charge in [-0.15, -0.1) is 11.3 Å². The number of hydrogen-bond donors (Lipinski definition) is 0. The van der Waals surface area contributed by atoms with Gasteiger partial charge in [-0.05, 0) is 24.7 Å². The summed E-state index contributed by atoms with van der Waals surface area (Å²) in [5.74, 6) is 2.48. The minimum Gasteiger partial charge on any atom is -0.348 e. The third-order valence-corrected chi connectivity index (χ3v) is 4.73. The molecule has 0 N–H and O–H groups in total. The molecule has 1 aromatic heterocycles. The van der Waals surface area contributed by atoms with Crippen LogP contribution in [0.5, 0.6) is 0 Å². The van der Waals surface area contributed by atoms with Crippen molar-refractivity contribution >= 4 is 16.5 Å². The molecule has 0 bridgehead atoms. The quantitative estimate of drug-likeness (QED) is 0.800. The van der Waals surface area contributed by atoms with Crippen LogP contribution in [0.4, 0.5) is 5.13 Å². The first-order valence-corrected chi connectivity index (χ1v) is 7.10. The van der Waals surface area contributed by atoms with Crippen molar-refractivity contribution in [2.75, 3.05) is 18.0 Å². The highest BCUT2D eigenvalue weighted by Gasteiger charge is 2.34. The standard InChI is InChI=1S/C13H22N2S/c1-5-11-7-15(8-12(11)9(2)3)13-14-6-10(4)16-13/h6,9,11-12H,5,7-8H2,1-4H3/t11-,12-/m0/s1. The van der Waals surface area contributed by atoms with Crippen molar-refractivity contribution < 1.29 is 0 Å². The summed E-state index contributed by atoms with van der Waals surface area (Å²) in [7, 11) is 0. The van der Waals surface area contributed by atoms with Gasteiger partial charge in [0.15, 0.2) is 5.13 Å². The van der Waals surface area contributed by atoms with Crippen molar-refractivity contribution in [2.45, 2.75) is 34.1 Å². The largest absolute Gasteiger partial charge is 0.348 e. The third kappa shape index (κ3) is 2.24.